The summed E-state index contributed by atoms with van der Waals surface area (Å²) in [6, 6.07) is 4.25. The molecule has 0 radical (unpaired) electrons. The fourth-order valence-corrected chi connectivity index (χ4v) is 3.16. The molecule has 0 fully saturated rings. The Balaban J connectivity index is 2.52. The molecule has 1 heterocycles. The molecule has 2 nitrogen and oxygen atoms in total. The quantitative estimate of drug-likeness (QED) is 0.808. The smallest absolute Gasteiger partial charge is 0.133 e. The van der Waals surface area contributed by atoms with E-state index < -0.39 is 0 Å². The van der Waals surface area contributed by atoms with Crippen molar-refractivity contribution in [3.8, 4) is 5.75 Å². The first-order valence-electron chi connectivity index (χ1n) is 6.07. The highest BCUT2D eigenvalue weighted by molar-refractivity contribution is 7.99. The Labute approximate surface area is 108 Å². The number of methoxy groups -OCH3 is 1. The number of anilines is 1. The lowest BCUT2D eigenvalue weighted by Crippen LogP contribution is -2.23. The number of ether oxygens (including phenoxy) is 1. The van der Waals surface area contributed by atoms with Crippen LogP contribution in [0.4, 0.5) is 5.69 Å². The molecule has 1 aliphatic heterocycles. The minimum absolute atomic E-state index is 0.991. The lowest BCUT2D eigenvalue weighted by molar-refractivity contribution is 0.404. The minimum atomic E-state index is 0.991. The number of rotatable bonds is 4. The summed E-state index contributed by atoms with van der Waals surface area (Å²) in [6.45, 7) is 6.46. The number of hydrogen-bond acceptors (Lipinski definition) is 3. The number of thioether (sulfide) groups is 1. The van der Waals surface area contributed by atoms with Gasteiger partial charge in [-0.25, -0.2) is 0 Å². The predicted octanol–water partition coefficient (Wildman–Crippen LogP) is 3.66. The topological polar surface area (TPSA) is 12.5 Å². The van der Waals surface area contributed by atoms with Gasteiger partial charge in [0.25, 0.3) is 0 Å². The fourth-order valence-electron chi connectivity index (χ4n) is 2.18. The second kappa shape index (κ2) is 5.50. The molecule has 0 spiro atoms. The summed E-state index contributed by atoms with van der Waals surface area (Å²) < 4.78 is 5.44. The van der Waals surface area contributed by atoms with Crippen LogP contribution in [0.2, 0.25) is 0 Å². The summed E-state index contributed by atoms with van der Waals surface area (Å²) in [4.78, 5) is 3.66. The zero-order valence-corrected chi connectivity index (χ0v) is 11.5. The molecule has 0 amide bonds. The van der Waals surface area contributed by atoms with Crippen molar-refractivity contribution in [1.82, 2.24) is 0 Å². The van der Waals surface area contributed by atoms with E-state index in [1.807, 2.05) is 11.8 Å². The molecular formula is C14H19NOS. The van der Waals surface area contributed by atoms with Crippen LogP contribution in [0.25, 0.3) is 6.08 Å². The van der Waals surface area contributed by atoms with E-state index >= 15 is 0 Å². The molecule has 0 saturated carbocycles. The first-order valence-corrected chi connectivity index (χ1v) is 7.05. The Morgan fingerprint density at radius 1 is 1.29 bits per heavy atom. The molecule has 0 atom stereocenters. The van der Waals surface area contributed by atoms with Crippen LogP contribution in [0.1, 0.15) is 19.4 Å². The Bertz CT molecular complexity index is 424. The molecule has 2 rings (SSSR count). The molecule has 0 aromatic heterocycles. The predicted molar refractivity (Wildman–Crippen MR) is 76.3 cm³/mol. The van der Waals surface area contributed by atoms with Crippen LogP contribution in [0.3, 0.4) is 0 Å². The van der Waals surface area contributed by atoms with Gasteiger partial charge >= 0.3 is 0 Å². The van der Waals surface area contributed by atoms with Gasteiger partial charge in [0.05, 0.1) is 12.0 Å². The molecular weight excluding hydrogens is 230 g/mol. The summed E-state index contributed by atoms with van der Waals surface area (Å²) in [5, 5.41) is 0. The summed E-state index contributed by atoms with van der Waals surface area (Å²) in [5.41, 5.74) is 2.62. The van der Waals surface area contributed by atoms with Crippen LogP contribution in [0.5, 0.6) is 5.75 Å². The first-order chi connectivity index (χ1) is 8.31. The summed E-state index contributed by atoms with van der Waals surface area (Å²) in [7, 11) is 1.74. The maximum absolute atomic E-state index is 5.44. The van der Waals surface area contributed by atoms with Crippen molar-refractivity contribution >= 4 is 23.5 Å². The Morgan fingerprint density at radius 2 is 2.06 bits per heavy atom. The molecule has 1 aromatic rings. The van der Waals surface area contributed by atoms with Gasteiger partial charge in [0.2, 0.25) is 0 Å². The average Bonchev–Trinajstić information content (AvgIpc) is 2.40. The van der Waals surface area contributed by atoms with Gasteiger partial charge in [0, 0.05) is 30.1 Å². The summed E-state index contributed by atoms with van der Waals surface area (Å²) in [5.74, 6) is 2.02. The monoisotopic (exact) mass is 249 g/mol. The van der Waals surface area contributed by atoms with Crippen molar-refractivity contribution in [2.45, 2.75) is 18.7 Å². The van der Waals surface area contributed by atoms with Crippen molar-refractivity contribution < 1.29 is 4.74 Å². The Hall–Kier alpha value is -1.09. The molecule has 0 saturated heterocycles. The van der Waals surface area contributed by atoms with E-state index in [9.17, 15) is 0 Å². The molecule has 0 N–H and O–H groups in total. The molecule has 0 aliphatic carbocycles. The molecule has 1 aromatic carbocycles. The van der Waals surface area contributed by atoms with Gasteiger partial charge in [-0.3, -0.25) is 0 Å². The van der Waals surface area contributed by atoms with E-state index in [1.54, 1.807) is 7.11 Å². The van der Waals surface area contributed by atoms with Gasteiger partial charge < -0.3 is 9.64 Å². The van der Waals surface area contributed by atoms with Crippen LogP contribution in [0, 0.1) is 0 Å². The van der Waals surface area contributed by atoms with Gasteiger partial charge in [-0.15, -0.1) is 11.8 Å². The van der Waals surface area contributed by atoms with Gasteiger partial charge in [-0.2, -0.15) is 0 Å². The highest BCUT2D eigenvalue weighted by Gasteiger charge is 2.17. The number of fused-ring (bicyclic) bond motifs is 1. The third-order valence-corrected chi connectivity index (χ3v) is 4.14. The lowest BCUT2D eigenvalue weighted by atomic mass is 10.1. The molecule has 0 bridgehead atoms. The highest BCUT2D eigenvalue weighted by atomic mass is 32.2. The zero-order valence-electron chi connectivity index (χ0n) is 10.7. The summed E-state index contributed by atoms with van der Waals surface area (Å²) >= 11 is 1.85. The van der Waals surface area contributed by atoms with Crippen LogP contribution in [-0.2, 0) is 0 Å². The SMILES string of the molecule is CCN(CC)c1ccc(OC)c2c1C=CCS2. The Kier molecular flexibility index (Phi) is 4.00. The number of hydrogen-bond donors (Lipinski definition) is 0. The maximum atomic E-state index is 5.44. The van der Waals surface area contributed by atoms with Gasteiger partial charge in [-0.05, 0) is 26.0 Å². The second-order valence-corrected chi connectivity index (χ2v) is 4.95. The first kappa shape index (κ1) is 12.4. The number of benzene rings is 1. The van der Waals surface area contributed by atoms with Crippen LogP contribution < -0.4 is 9.64 Å². The highest BCUT2D eigenvalue weighted by Crippen LogP contribution is 2.41. The second-order valence-electron chi connectivity index (χ2n) is 3.92. The molecule has 92 valence electrons. The minimum Gasteiger partial charge on any atom is -0.496 e. The normalized spacial score (nSPS) is 13.4. The molecule has 0 unspecified atom stereocenters. The third-order valence-electron chi connectivity index (χ3n) is 3.07. The van der Waals surface area contributed by atoms with Crippen molar-refractivity contribution in [3.63, 3.8) is 0 Å². The van der Waals surface area contributed by atoms with Crippen LogP contribution in [-0.4, -0.2) is 26.0 Å². The van der Waals surface area contributed by atoms with Gasteiger partial charge in [0.1, 0.15) is 5.75 Å². The van der Waals surface area contributed by atoms with Crippen LogP contribution >= 0.6 is 11.8 Å². The molecule has 1 aliphatic rings. The average molecular weight is 249 g/mol. The van der Waals surface area contributed by atoms with Crippen molar-refractivity contribution in [2.24, 2.45) is 0 Å². The Morgan fingerprint density at radius 3 is 2.71 bits per heavy atom. The van der Waals surface area contributed by atoms with E-state index in [0.29, 0.717) is 0 Å². The van der Waals surface area contributed by atoms with E-state index in [0.717, 1.165) is 24.6 Å². The zero-order chi connectivity index (χ0) is 12.3. The largest absolute Gasteiger partial charge is 0.496 e. The number of nitrogens with zero attached hydrogens (tertiary/aromatic N) is 1. The van der Waals surface area contributed by atoms with Crippen molar-refractivity contribution in [1.29, 1.82) is 0 Å². The van der Waals surface area contributed by atoms with E-state index in [4.69, 9.17) is 4.74 Å². The molecule has 3 heteroatoms. The van der Waals surface area contributed by atoms with E-state index in [1.165, 1.54) is 16.1 Å². The van der Waals surface area contributed by atoms with Crippen molar-refractivity contribution in [2.75, 3.05) is 30.9 Å². The van der Waals surface area contributed by atoms with Gasteiger partial charge in [0.15, 0.2) is 0 Å². The standard InChI is InChI=1S/C14H19NOS/c1-4-15(5-2)12-8-9-13(16-3)14-11(12)7-6-10-17-14/h6-9H,4-5,10H2,1-3H3. The fraction of sp³-hybridized carbons (Fsp3) is 0.429. The van der Waals surface area contributed by atoms with E-state index in [-0.39, 0.29) is 0 Å². The van der Waals surface area contributed by atoms with Crippen LogP contribution in [0.15, 0.2) is 23.1 Å². The molecule has 17 heavy (non-hydrogen) atoms. The van der Waals surface area contributed by atoms with Crippen molar-refractivity contribution in [3.05, 3.63) is 23.8 Å². The third kappa shape index (κ3) is 2.29. The lowest BCUT2D eigenvalue weighted by Gasteiger charge is -2.26. The maximum Gasteiger partial charge on any atom is 0.133 e. The summed E-state index contributed by atoms with van der Waals surface area (Å²) in [6.07, 6.45) is 4.45. The van der Waals surface area contributed by atoms with Gasteiger partial charge in [-0.1, -0.05) is 12.2 Å². The van der Waals surface area contributed by atoms with E-state index in [2.05, 4.69) is 43.0 Å².